The first kappa shape index (κ1) is 11.7. The van der Waals surface area contributed by atoms with Gasteiger partial charge in [0, 0.05) is 24.8 Å². The van der Waals surface area contributed by atoms with Gasteiger partial charge in [0.25, 0.3) is 0 Å². The molecule has 3 nitrogen and oxygen atoms in total. The predicted molar refractivity (Wildman–Crippen MR) is 72.2 cm³/mol. The third kappa shape index (κ3) is 2.88. The number of benzene rings is 1. The maximum atomic E-state index is 6.12. The van der Waals surface area contributed by atoms with Gasteiger partial charge in [-0.1, -0.05) is 29.8 Å². The molecule has 0 fully saturated rings. The lowest BCUT2D eigenvalue weighted by Gasteiger charge is -2.19. The summed E-state index contributed by atoms with van der Waals surface area (Å²) in [6, 6.07) is 9.70. The summed E-state index contributed by atoms with van der Waals surface area (Å²) in [7, 11) is 1.99. The number of rotatable bonds is 3. The first-order valence-electron chi connectivity index (χ1n) is 5.32. The molecule has 1 aromatic carbocycles. The summed E-state index contributed by atoms with van der Waals surface area (Å²) in [5, 5.41) is 0.774. The molecule has 0 saturated carbocycles. The molecule has 0 radical (unpaired) electrons. The van der Waals surface area contributed by atoms with Crippen LogP contribution in [0.25, 0.3) is 0 Å². The Morgan fingerprint density at radius 2 is 2.06 bits per heavy atom. The third-order valence-electron chi connectivity index (χ3n) is 2.55. The average Bonchev–Trinajstić information content (AvgIpc) is 2.32. The molecule has 0 atom stereocenters. The van der Waals surface area contributed by atoms with Crippen molar-refractivity contribution < 1.29 is 0 Å². The van der Waals surface area contributed by atoms with Gasteiger partial charge in [0.15, 0.2) is 0 Å². The van der Waals surface area contributed by atoms with Crippen LogP contribution >= 0.6 is 11.6 Å². The van der Waals surface area contributed by atoms with Crippen LogP contribution in [0.4, 0.5) is 11.4 Å². The second-order valence-electron chi connectivity index (χ2n) is 3.92. The van der Waals surface area contributed by atoms with Crippen LogP contribution < -0.4 is 10.6 Å². The Hall–Kier alpha value is -1.74. The minimum Gasteiger partial charge on any atom is -0.397 e. The Labute approximate surface area is 106 Å². The summed E-state index contributed by atoms with van der Waals surface area (Å²) in [4.78, 5) is 6.13. The van der Waals surface area contributed by atoms with E-state index in [4.69, 9.17) is 17.3 Å². The Balaban J connectivity index is 2.17. The fourth-order valence-electron chi connectivity index (χ4n) is 1.63. The lowest BCUT2D eigenvalue weighted by molar-refractivity contribution is 0.918. The molecule has 0 spiro atoms. The predicted octanol–water partition coefficient (Wildman–Crippen LogP) is 2.95. The van der Waals surface area contributed by atoms with Crippen molar-refractivity contribution in [3.05, 3.63) is 53.3 Å². The van der Waals surface area contributed by atoms with E-state index in [1.807, 2.05) is 37.4 Å². The summed E-state index contributed by atoms with van der Waals surface area (Å²) < 4.78 is 0. The van der Waals surface area contributed by atoms with Crippen LogP contribution in [-0.2, 0) is 6.54 Å². The Morgan fingerprint density at radius 1 is 1.29 bits per heavy atom. The van der Waals surface area contributed by atoms with E-state index >= 15 is 0 Å². The first-order valence-corrected chi connectivity index (χ1v) is 5.69. The average molecular weight is 248 g/mol. The molecule has 17 heavy (non-hydrogen) atoms. The largest absolute Gasteiger partial charge is 0.397 e. The highest BCUT2D eigenvalue weighted by Crippen LogP contribution is 2.20. The smallest absolute Gasteiger partial charge is 0.0573 e. The summed E-state index contributed by atoms with van der Waals surface area (Å²) in [5.74, 6) is 0. The van der Waals surface area contributed by atoms with Crippen molar-refractivity contribution in [3.8, 4) is 0 Å². The molecule has 0 bridgehead atoms. The van der Waals surface area contributed by atoms with Gasteiger partial charge in [-0.25, -0.2) is 0 Å². The van der Waals surface area contributed by atoms with E-state index in [-0.39, 0.29) is 0 Å². The summed E-state index contributed by atoms with van der Waals surface area (Å²) in [6.07, 6.45) is 3.42. The third-order valence-corrected chi connectivity index (χ3v) is 2.92. The SMILES string of the molecule is CN(Cc1ccccc1Cl)c1cncc(N)c1. The topological polar surface area (TPSA) is 42.2 Å². The Morgan fingerprint density at radius 3 is 2.76 bits per heavy atom. The number of pyridine rings is 1. The van der Waals surface area contributed by atoms with Crippen molar-refractivity contribution in [3.63, 3.8) is 0 Å². The quantitative estimate of drug-likeness (QED) is 0.907. The number of hydrogen-bond donors (Lipinski definition) is 1. The Kier molecular flexibility index (Phi) is 3.49. The maximum Gasteiger partial charge on any atom is 0.0573 e. The lowest BCUT2D eigenvalue weighted by atomic mass is 10.2. The van der Waals surface area contributed by atoms with Gasteiger partial charge in [-0.05, 0) is 17.7 Å². The molecular weight excluding hydrogens is 234 g/mol. The van der Waals surface area contributed by atoms with Crippen molar-refractivity contribution >= 4 is 23.0 Å². The normalized spacial score (nSPS) is 10.2. The fraction of sp³-hybridized carbons (Fsp3) is 0.154. The maximum absolute atomic E-state index is 6.12. The molecule has 2 rings (SSSR count). The molecule has 2 aromatic rings. The standard InChI is InChI=1S/C13H14ClN3/c1-17(12-6-11(15)7-16-8-12)9-10-4-2-3-5-13(10)14/h2-8H,9,15H2,1H3. The van der Waals surface area contributed by atoms with Gasteiger partial charge >= 0.3 is 0 Å². The molecule has 0 unspecified atom stereocenters. The second kappa shape index (κ2) is 5.06. The van der Waals surface area contributed by atoms with Crippen molar-refractivity contribution in [2.45, 2.75) is 6.54 Å². The first-order chi connectivity index (χ1) is 8.16. The van der Waals surface area contributed by atoms with Crippen LogP contribution in [0.2, 0.25) is 5.02 Å². The highest BCUT2D eigenvalue weighted by atomic mass is 35.5. The summed E-state index contributed by atoms with van der Waals surface area (Å²) >= 11 is 6.12. The molecule has 0 amide bonds. The van der Waals surface area contributed by atoms with Gasteiger partial charge in [0.2, 0.25) is 0 Å². The van der Waals surface area contributed by atoms with Gasteiger partial charge in [-0.3, -0.25) is 4.98 Å². The molecule has 0 saturated heterocycles. The van der Waals surface area contributed by atoms with Crippen molar-refractivity contribution in [2.75, 3.05) is 17.7 Å². The van der Waals surface area contributed by atoms with E-state index in [9.17, 15) is 0 Å². The number of anilines is 2. The van der Waals surface area contributed by atoms with Crippen LogP contribution in [0.3, 0.4) is 0 Å². The van der Waals surface area contributed by atoms with Crippen LogP contribution in [0, 0.1) is 0 Å². The molecule has 88 valence electrons. The molecule has 4 heteroatoms. The number of nitrogens with zero attached hydrogens (tertiary/aromatic N) is 2. The minimum atomic E-state index is 0.661. The molecule has 1 aromatic heterocycles. The lowest BCUT2D eigenvalue weighted by Crippen LogP contribution is -2.16. The zero-order valence-electron chi connectivity index (χ0n) is 9.60. The highest BCUT2D eigenvalue weighted by molar-refractivity contribution is 6.31. The van der Waals surface area contributed by atoms with Crippen LogP contribution in [0.15, 0.2) is 42.7 Å². The van der Waals surface area contributed by atoms with Gasteiger partial charge < -0.3 is 10.6 Å². The number of hydrogen-bond acceptors (Lipinski definition) is 3. The van der Waals surface area contributed by atoms with E-state index in [0.717, 1.165) is 22.8 Å². The van der Waals surface area contributed by atoms with E-state index in [0.29, 0.717) is 5.69 Å². The number of aromatic nitrogens is 1. The van der Waals surface area contributed by atoms with E-state index in [2.05, 4.69) is 9.88 Å². The highest BCUT2D eigenvalue weighted by Gasteiger charge is 2.05. The van der Waals surface area contributed by atoms with E-state index < -0.39 is 0 Å². The number of nitrogens with two attached hydrogens (primary N) is 1. The van der Waals surface area contributed by atoms with E-state index in [1.54, 1.807) is 12.4 Å². The summed E-state index contributed by atoms with van der Waals surface area (Å²) in [5.41, 5.74) is 8.42. The second-order valence-corrected chi connectivity index (χ2v) is 4.33. The molecule has 2 N–H and O–H groups in total. The van der Waals surface area contributed by atoms with Gasteiger partial charge in [0.05, 0.1) is 17.6 Å². The van der Waals surface area contributed by atoms with Crippen LogP contribution in [0.5, 0.6) is 0 Å². The van der Waals surface area contributed by atoms with Crippen molar-refractivity contribution in [1.82, 2.24) is 4.98 Å². The molecule has 0 aliphatic heterocycles. The zero-order valence-corrected chi connectivity index (χ0v) is 10.4. The minimum absolute atomic E-state index is 0.661. The van der Waals surface area contributed by atoms with Gasteiger partial charge in [0.1, 0.15) is 0 Å². The van der Waals surface area contributed by atoms with Crippen LogP contribution in [0.1, 0.15) is 5.56 Å². The fourth-order valence-corrected chi connectivity index (χ4v) is 1.82. The van der Waals surface area contributed by atoms with Gasteiger partial charge in [-0.15, -0.1) is 0 Å². The van der Waals surface area contributed by atoms with Crippen molar-refractivity contribution in [1.29, 1.82) is 0 Å². The molecule has 1 heterocycles. The monoisotopic (exact) mass is 247 g/mol. The molecular formula is C13H14ClN3. The summed E-state index contributed by atoms with van der Waals surface area (Å²) in [6.45, 7) is 0.727. The number of halogens is 1. The molecule has 0 aliphatic rings. The molecule has 0 aliphatic carbocycles. The van der Waals surface area contributed by atoms with E-state index in [1.165, 1.54) is 0 Å². The Bertz CT molecular complexity index is 514. The van der Waals surface area contributed by atoms with Crippen LogP contribution in [-0.4, -0.2) is 12.0 Å². The zero-order chi connectivity index (χ0) is 12.3. The number of nitrogen functional groups attached to an aromatic ring is 1. The van der Waals surface area contributed by atoms with Gasteiger partial charge in [-0.2, -0.15) is 0 Å². The van der Waals surface area contributed by atoms with Crippen molar-refractivity contribution in [2.24, 2.45) is 0 Å².